The van der Waals surface area contributed by atoms with Gasteiger partial charge in [-0.1, -0.05) is 17.3 Å². The minimum Gasteiger partial charge on any atom is -0.486 e. The monoisotopic (exact) mass is 324 g/mol. The zero-order valence-electron chi connectivity index (χ0n) is 12.2. The fourth-order valence-electron chi connectivity index (χ4n) is 2.30. The van der Waals surface area contributed by atoms with Crippen LogP contribution in [0.4, 0.5) is 0 Å². The second kappa shape index (κ2) is 5.62. The molecule has 0 saturated heterocycles. The van der Waals surface area contributed by atoms with E-state index in [9.17, 15) is 8.42 Å². The number of ether oxygens (including phenoxy) is 2. The van der Waals surface area contributed by atoms with Crippen molar-refractivity contribution in [2.75, 3.05) is 13.2 Å². The van der Waals surface area contributed by atoms with Gasteiger partial charge in [-0.15, -0.1) is 0 Å². The number of hydrogen-bond acceptors (Lipinski definition) is 6. The smallest absolute Gasteiger partial charge is 0.246 e. The number of hydrogen-bond donors (Lipinski definition) is 1. The van der Waals surface area contributed by atoms with E-state index < -0.39 is 16.1 Å². The third kappa shape index (κ3) is 2.79. The number of fused-ring (bicyclic) bond motifs is 1. The third-order valence-corrected chi connectivity index (χ3v) is 4.97. The second-order valence-electron chi connectivity index (χ2n) is 5.00. The number of sulfonamides is 1. The van der Waals surface area contributed by atoms with E-state index in [2.05, 4.69) is 9.88 Å². The molecule has 3 rings (SSSR count). The Kier molecular flexibility index (Phi) is 3.79. The molecule has 2 heterocycles. The maximum Gasteiger partial charge on any atom is 0.246 e. The van der Waals surface area contributed by atoms with Gasteiger partial charge in [0.2, 0.25) is 10.0 Å². The van der Waals surface area contributed by atoms with E-state index in [1.807, 2.05) is 12.1 Å². The van der Waals surface area contributed by atoms with Crippen molar-refractivity contribution in [3.63, 3.8) is 0 Å². The zero-order valence-corrected chi connectivity index (χ0v) is 13.0. The average molecular weight is 324 g/mol. The SMILES string of the molecule is Cc1noc(C)c1S(=O)(=O)NC[C@@H]1COc2ccccc2O1. The molecule has 118 valence electrons. The first kappa shape index (κ1) is 14.9. The molecule has 0 unspecified atom stereocenters. The summed E-state index contributed by atoms with van der Waals surface area (Å²) < 4.78 is 43.3. The van der Waals surface area contributed by atoms with Crippen LogP contribution in [0.5, 0.6) is 11.5 Å². The van der Waals surface area contributed by atoms with Crippen molar-refractivity contribution >= 4 is 10.0 Å². The standard InChI is InChI=1S/C14H16N2O5S/c1-9-14(10(2)21-16-9)22(17,18)15-7-11-8-19-12-5-3-4-6-13(12)20-11/h3-6,11,15H,7-8H2,1-2H3/t11-/m1/s1. The Morgan fingerprint density at radius 2 is 2.00 bits per heavy atom. The quantitative estimate of drug-likeness (QED) is 0.914. The topological polar surface area (TPSA) is 90.7 Å². The Morgan fingerprint density at radius 3 is 2.68 bits per heavy atom. The maximum atomic E-state index is 12.3. The summed E-state index contributed by atoms with van der Waals surface area (Å²) in [6.45, 7) is 3.52. The van der Waals surface area contributed by atoms with Crippen LogP contribution in [0.15, 0.2) is 33.7 Å². The largest absolute Gasteiger partial charge is 0.486 e. The highest BCUT2D eigenvalue weighted by Gasteiger charge is 2.27. The van der Waals surface area contributed by atoms with Crippen molar-refractivity contribution in [3.05, 3.63) is 35.7 Å². The summed E-state index contributed by atoms with van der Waals surface area (Å²) in [5.41, 5.74) is 0.330. The van der Waals surface area contributed by atoms with Gasteiger partial charge in [-0.2, -0.15) is 0 Å². The molecule has 2 aromatic rings. The summed E-state index contributed by atoms with van der Waals surface area (Å²) in [4.78, 5) is 0.0737. The lowest BCUT2D eigenvalue weighted by atomic mass is 10.2. The first-order valence-corrected chi connectivity index (χ1v) is 8.27. The zero-order chi connectivity index (χ0) is 15.7. The molecule has 22 heavy (non-hydrogen) atoms. The lowest BCUT2D eigenvalue weighted by Gasteiger charge is -2.26. The molecule has 1 N–H and O–H groups in total. The molecule has 1 atom stereocenters. The second-order valence-corrected chi connectivity index (χ2v) is 6.71. The normalized spacial score (nSPS) is 17.5. The van der Waals surface area contributed by atoms with Gasteiger partial charge in [0.15, 0.2) is 17.3 Å². The van der Waals surface area contributed by atoms with Crippen LogP contribution < -0.4 is 14.2 Å². The van der Waals surface area contributed by atoms with Crippen molar-refractivity contribution in [3.8, 4) is 11.5 Å². The van der Waals surface area contributed by atoms with Gasteiger partial charge in [0.25, 0.3) is 0 Å². The first-order chi connectivity index (χ1) is 10.5. The molecule has 0 amide bonds. The van der Waals surface area contributed by atoms with E-state index in [-0.39, 0.29) is 23.8 Å². The number of para-hydroxylation sites is 2. The summed E-state index contributed by atoms with van der Waals surface area (Å²) >= 11 is 0. The molecule has 0 aliphatic carbocycles. The van der Waals surface area contributed by atoms with Gasteiger partial charge in [0.1, 0.15) is 23.3 Å². The van der Waals surface area contributed by atoms with E-state index in [1.165, 1.54) is 0 Å². The van der Waals surface area contributed by atoms with Crippen LogP contribution in [0.2, 0.25) is 0 Å². The van der Waals surface area contributed by atoms with Gasteiger partial charge in [0, 0.05) is 0 Å². The predicted octanol–water partition coefficient (Wildman–Crippen LogP) is 1.41. The molecule has 7 nitrogen and oxygen atoms in total. The van der Waals surface area contributed by atoms with Crippen LogP contribution >= 0.6 is 0 Å². The van der Waals surface area contributed by atoms with Gasteiger partial charge >= 0.3 is 0 Å². The Bertz CT molecular complexity index is 765. The van der Waals surface area contributed by atoms with E-state index in [4.69, 9.17) is 14.0 Å². The van der Waals surface area contributed by atoms with E-state index in [0.29, 0.717) is 17.2 Å². The molecular formula is C14H16N2O5S. The molecule has 1 aromatic heterocycles. The minimum absolute atomic E-state index is 0.0737. The van der Waals surface area contributed by atoms with Crippen molar-refractivity contribution in [2.45, 2.75) is 24.8 Å². The third-order valence-electron chi connectivity index (χ3n) is 3.31. The van der Waals surface area contributed by atoms with Crippen LogP contribution in [0.3, 0.4) is 0 Å². The van der Waals surface area contributed by atoms with E-state index in [0.717, 1.165) is 0 Å². The fraction of sp³-hybridized carbons (Fsp3) is 0.357. The minimum atomic E-state index is -3.70. The molecule has 0 radical (unpaired) electrons. The number of benzene rings is 1. The Balaban J connectivity index is 1.69. The molecule has 1 aromatic carbocycles. The highest BCUT2D eigenvalue weighted by Crippen LogP contribution is 2.30. The molecule has 0 bridgehead atoms. The number of aryl methyl sites for hydroxylation is 2. The summed E-state index contributed by atoms with van der Waals surface area (Å²) in [7, 11) is -3.70. The molecule has 0 spiro atoms. The van der Waals surface area contributed by atoms with Gasteiger partial charge in [-0.3, -0.25) is 0 Å². The number of rotatable bonds is 4. The Hall–Kier alpha value is -2.06. The number of nitrogens with one attached hydrogen (secondary N) is 1. The number of nitrogens with zero attached hydrogens (tertiary/aromatic N) is 1. The number of aromatic nitrogens is 1. The first-order valence-electron chi connectivity index (χ1n) is 6.78. The lowest BCUT2D eigenvalue weighted by molar-refractivity contribution is 0.0943. The summed E-state index contributed by atoms with van der Waals surface area (Å²) in [6, 6.07) is 7.27. The fourth-order valence-corrected chi connectivity index (χ4v) is 3.69. The average Bonchev–Trinajstić information content (AvgIpc) is 2.85. The molecule has 0 fully saturated rings. The van der Waals surface area contributed by atoms with Crippen LogP contribution in [0, 0.1) is 13.8 Å². The van der Waals surface area contributed by atoms with Gasteiger partial charge in [-0.05, 0) is 26.0 Å². The van der Waals surface area contributed by atoms with Crippen LogP contribution in [-0.2, 0) is 10.0 Å². The Morgan fingerprint density at radius 1 is 1.27 bits per heavy atom. The van der Waals surface area contributed by atoms with Crippen LogP contribution in [-0.4, -0.2) is 32.8 Å². The molecule has 8 heteroatoms. The highest BCUT2D eigenvalue weighted by molar-refractivity contribution is 7.89. The highest BCUT2D eigenvalue weighted by atomic mass is 32.2. The molecule has 1 aliphatic heterocycles. The summed E-state index contributed by atoms with van der Waals surface area (Å²) in [6.07, 6.45) is -0.398. The summed E-state index contributed by atoms with van der Waals surface area (Å²) in [5.74, 6) is 1.53. The van der Waals surface area contributed by atoms with E-state index in [1.54, 1.807) is 26.0 Å². The lowest BCUT2D eigenvalue weighted by Crippen LogP contribution is -2.40. The van der Waals surface area contributed by atoms with Gasteiger partial charge < -0.3 is 14.0 Å². The molecule has 0 saturated carbocycles. The van der Waals surface area contributed by atoms with Crippen LogP contribution in [0.25, 0.3) is 0 Å². The summed E-state index contributed by atoms with van der Waals surface area (Å²) in [5, 5.41) is 3.66. The van der Waals surface area contributed by atoms with Gasteiger partial charge in [-0.25, -0.2) is 13.1 Å². The molecular weight excluding hydrogens is 308 g/mol. The van der Waals surface area contributed by atoms with E-state index >= 15 is 0 Å². The predicted molar refractivity (Wildman–Crippen MR) is 77.5 cm³/mol. The van der Waals surface area contributed by atoms with Crippen molar-refractivity contribution in [1.82, 2.24) is 9.88 Å². The van der Waals surface area contributed by atoms with Gasteiger partial charge in [0.05, 0.1) is 6.54 Å². The van der Waals surface area contributed by atoms with Crippen molar-refractivity contribution < 1.29 is 22.4 Å². The van der Waals surface area contributed by atoms with Crippen LogP contribution in [0.1, 0.15) is 11.5 Å². The molecule has 1 aliphatic rings. The van der Waals surface area contributed by atoms with Crippen molar-refractivity contribution in [1.29, 1.82) is 0 Å². The maximum absolute atomic E-state index is 12.3. The Labute approximate surface area is 128 Å². The van der Waals surface area contributed by atoms with Crippen molar-refractivity contribution in [2.24, 2.45) is 0 Å².